The fraction of sp³-hybridized carbons (Fsp3) is 0.400. The van der Waals surface area contributed by atoms with E-state index >= 15 is 0 Å². The summed E-state index contributed by atoms with van der Waals surface area (Å²) in [7, 11) is 1.64. The minimum absolute atomic E-state index is 0.427. The van der Waals surface area contributed by atoms with Crippen molar-refractivity contribution in [3.63, 3.8) is 0 Å². The first kappa shape index (κ1) is 29.3. The number of rotatable bonds is 7. The van der Waals surface area contributed by atoms with Crippen LogP contribution in [-0.4, -0.2) is 110 Å². The first-order valence-corrected chi connectivity index (χ1v) is 14.8. The van der Waals surface area contributed by atoms with Crippen LogP contribution < -0.4 is 5.32 Å². The number of aliphatic imine (C=N–C) groups is 2. The van der Waals surface area contributed by atoms with Gasteiger partial charge in [-0.15, -0.1) is 0 Å². The summed E-state index contributed by atoms with van der Waals surface area (Å²) in [6, 6.07) is 0. The molecule has 0 unspecified atom stereocenters. The van der Waals surface area contributed by atoms with E-state index in [-0.39, 0.29) is 0 Å². The standard InChI is InChI=1S/C16H20N6O.C14H19N5O2/c1-3-5-19-8-12(2)15(20-6-4-17-10-20)14-16(19)22-11-21(23)9-13(22)7-18-14;1-4-17-6-10(2)12(16-8-20)13-14(17)19-9-18(21-3)7-11(19)5-15-13/h4,6-7,9-10,23H,3,5,8,11H2,1-2H3;5,7-8H,4,6,9H2,1-3H3,(H,16,20). The largest absolute Gasteiger partial charge is 0.352 e. The Hall–Kier alpha value is -4.82. The topological polar surface area (TPSA) is 121 Å². The van der Waals surface area contributed by atoms with Crippen LogP contribution in [-0.2, 0) is 9.63 Å². The van der Waals surface area contributed by atoms with Crippen LogP contribution >= 0.6 is 0 Å². The van der Waals surface area contributed by atoms with Crippen LogP contribution in [0.15, 0.2) is 92.4 Å². The minimum Gasteiger partial charge on any atom is -0.352 e. The van der Waals surface area contributed by atoms with Gasteiger partial charge in [0.2, 0.25) is 6.41 Å². The molecule has 0 aliphatic carbocycles. The van der Waals surface area contributed by atoms with E-state index in [0.29, 0.717) is 19.7 Å². The van der Waals surface area contributed by atoms with Crippen LogP contribution in [0.5, 0.6) is 0 Å². The van der Waals surface area contributed by atoms with Gasteiger partial charge in [0.1, 0.15) is 36.4 Å². The van der Waals surface area contributed by atoms with Crippen molar-refractivity contribution < 1.29 is 14.8 Å². The van der Waals surface area contributed by atoms with Gasteiger partial charge in [0.15, 0.2) is 0 Å². The Morgan fingerprint density at radius 3 is 2.36 bits per heavy atom. The molecule has 232 valence electrons. The molecule has 1 aromatic rings. The molecule has 6 aliphatic heterocycles. The lowest BCUT2D eigenvalue weighted by Crippen LogP contribution is -2.43. The summed E-state index contributed by atoms with van der Waals surface area (Å²) < 4.78 is 2.02. The molecule has 0 aromatic carbocycles. The number of fused-ring (bicyclic) bond motifs is 4. The SMILES string of the molecule is CCCN1CC(C)=C(n2ccnc2)C2=C1N1CN(O)C=C1C=N2.CCN1CC(C)=C(NC=O)C2=C1N1CN(OC)C=C1C=N2. The molecule has 0 bridgehead atoms. The zero-order valence-electron chi connectivity index (χ0n) is 25.8. The zero-order valence-corrected chi connectivity index (χ0v) is 25.8. The summed E-state index contributed by atoms with van der Waals surface area (Å²) in [5, 5.41) is 15.6. The Kier molecular flexibility index (Phi) is 8.01. The maximum absolute atomic E-state index is 10.9. The molecule has 1 aromatic heterocycles. The second kappa shape index (κ2) is 12.1. The van der Waals surface area contributed by atoms with E-state index in [2.05, 4.69) is 55.7 Å². The fourth-order valence-corrected chi connectivity index (χ4v) is 6.26. The van der Waals surface area contributed by atoms with Gasteiger partial charge in [0.05, 0.1) is 61.1 Å². The Balaban J connectivity index is 0.000000157. The summed E-state index contributed by atoms with van der Waals surface area (Å²) in [4.78, 5) is 38.4. The summed E-state index contributed by atoms with van der Waals surface area (Å²) in [5.41, 5.74) is 7.90. The molecule has 0 saturated heterocycles. The number of imidazole rings is 1. The first-order valence-electron chi connectivity index (χ1n) is 14.8. The predicted octanol–water partition coefficient (Wildman–Crippen LogP) is 2.47. The third-order valence-electron chi connectivity index (χ3n) is 8.16. The number of aromatic nitrogens is 2. The lowest BCUT2D eigenvalue weighted by atomic mass is 10.1. The summed E-state index contributed by atoms with van der Waals surface area (Å²) >= 11 is 0. The van der Waals surface area contributed by atoms with Crippen molar-refractivity contribution in [1.29, 1.82) is 0 Å². The highest BCUT2D eigenvalue weighted by molar-refractivity contribution is 5.86. The van der Waals surface area contributed by atoms with Crippen molar-refractivity contribution in [1.82, 2.24) is 44.6 Å². The molecule has 14 heteroatoms. The third kappa shape index (κ3) is 5.05. The van der Waals surface area contributed by atoms with E-state index in [1.54, 1.807) is 30.8 Å². The molecule has 0 spiro atoms. The molecule has 14 nitrogen and oxygen atoms in total. The molecule has 7 rings (SSSR count). The van der Waals surface area contributed by atoms with E-state index in [9.17, 15) is 10.0 Å². The van der Waals surface area contributed by atoms with Gasteiger partial charge in [-0.3, -0.25) is 14.8 Å². The fourth-order valence-electron chi connectivity index (χ4n) is 6.26. The highest BCUT2D eigenvalue weighted by Gasteiger charge is 2.37. The van der Waals surface area contributed by atoms with Gasteiger partial charge in [-0.25, -0.2) is 25.1 Å². The Morgan fingerprint density at radius 1 is 0.977 bits per heavy atom. The van der Waals surface area contributed by atoms with Crippen LogP contribution in [0, 0.1) is 0 Å². The van der Waals surface area contributed by atoms with Crippen molar-refractivity contribution in [2.75, 3.05) is 46.6 Å². The maximum Gasteiger partial charge on any atom is 0.211 e. The quantitative estimate of drug-likeness (QED) is 0.451. The number of carbonyl (C=O) groups excluding carboxylic acids is 1. The van der Waals surface area contributed by atoms with Crippen LogP contribution in [0.3, 0.4) is 0 Å². The molecule has 7 heterocycles. The molecule has 44 heavy (non-hydrogen) atoms. The molecule has 2 N–H and O–H groups in total. The van der Waals surface area contributed by atoms with E-state index < -0.39 is 0 Å². The number of hydroxylamine groups is 4. The van der Waals surface area contributed by atoms with Crippen molar-refractivity contribution in [2.24, 2.45) is 9.98 Å². The lowest BCUT2D eigenvalue weighted by Gasteiger charge is -2.40. The minimum atomic E-state index is 0.427. The number of allylic oxidation sites excluding steroid dienone is 3. The number of carbonyl (C=O) groups is 1. The summed E-state index contributed by atoms with van der Waals surface area (Å²) in [5.74, 6) is 2.08. The van der Waals surface area contributed by atoms with Crippen LogP contribution in [0.1, 0.15) is 34.1 Å². The Morgan fingerprint density at radius 2 is 1.68 bits per heavy atom. The average molecular weight is 602 g/mol. The third-order valence-corrected chi connectivity index (χ3v) is 8.16. The van der Waals surface area contributed by atoms with E-state index in [4.69, 9.17) is 9.83 Å². The van der Waals surface area contributed by atoms with Crippen molar-refractivity contribution in [3.05, 3.63) is 82.4 Å². The van der Waals surface area contributed by atoms with Crippen LogP contribution in [0.2, 0.25) is 0 Å². The number of amides is 1. The van der Waals surface area contributed by atoms with Gasteiger partial charge in [0, 0.05) is 38.6 Å². The number of hydrogen-bond donors (Lipinski definition) is 2. The summed E-state index contributed by atoms with van der Waals surface area (Å²) in [6.07, 6.45) is 14.5. The first-order chi connectivity index (χ1) is 21.4. The second-order valence-electron chi connectivity index (χ2n) is 11.1. The highest BCUT2D eigenvalue weighted by atomic mass is 16.7. The monoisotopic (exact) mass is 601 g/mol. The van der Waals surface area contributed by atoms with Gasteiger partial charge in [-0.2, -0.15) is 0 Å². The van der Waals surface area contributed by atoms with Gasteiger partial charge < -0.3 is 29.5 Å². The highest BCUT2D eigenvalue weighted by Crippen LogP contribution is 2.39. The van der Waals surface area contributed by atoms with E-state index in [0.717, 1.165) is 84.0 Å². The molecule has 0 atom stereocenters. The second-order valence-corrected chi connectivity index (χ2v) is 11.1. The van der Waals surface area contributed by atoms with E-state index in [1.165, 1.54) is 10.6 Å². The molecule has 1 amide bonds. The van der Waals surface area contributed by atoms with Crippen LogP contribution in [0.4, 0.5) is 0 Å². The lowest BCUT2D eigenvalue weighted by molar-refractivity contribution is -0.109. The Labute approximate surface area is 257 Å². The zero-order chi connectivity index (χ0) is 31.0. The Bertz CT molecular complexity index is 1560. The predicted molar refractivity (Wildman–Crippen MR) is 165 cm³/mol. The van der Waals surface area contributed by atoms with Crippen molar-refractivity contribution in [2.45, 2.75) is 34.1 Å². The van der Waals surface area contributed by atoms with E-state index in [1.807, 2.05) is 36.4 Å². The molecular formula is C30H39N11O3. The van der Waals surface area contributed by atoms with Gasteiger partial charge in [-0.05, 0) is 38.3 Å². The molecule has 6 aliphatic rings. The molecular weight excluding hydrogens is 562 g/mol. The van der Waals surface area contributed by atoms with Crippen molar-refractivity contribution >= 4 is 24.5 Å². The van der Waals surface area contributed by atoms with Gasteiger partial charge >= 0.3 is 0 Å². The number of nitrogens with one attached hydrogen (secondary N) is 1. The summed E-state index contributed by atoms with van der Waals surface area (Å²) in [6.45, 7) is 12.9. The normalized spacial score (nSPS) is 20.5. The number of nitrogens with zero attached hydrogens (tertiary/aromatic N) is 10. The van der Waals surface area contributed by atoms with Crippen LogP contribution in [0.25, 0.3) is 5.70 Å². The average Bonchev–Trinajstić information content (AvgIpc) is 3.78. The molecule has 0 saturated carbocycles. The molecule has 0 radical (unpaired) electrons. The number of likely N-dealkylation sites (N-methyl/N-ethyl adjacent to an activating group) is 1. The number of hydrogen-bond acceptors (Lipinski definition) is 12. The molecule has 0 fully saturated rings. The van der Waals surface area contributed by atoms with Gasteiger partial charge in [0.25, 0.3) is 0 Å². The maximum atomic E-state index is 10.9. The van der Waals surface area contributed by atoms with Gasteiger partial charge in [-0.1, -0.05) is 6.92 Å². The smallest absolute Gasteiger partial charge is 0.211 e. The van der Waals surface area contributed by atoms with Crippen molar-refractivity contribution in [3.8, 4) is 0 Å².